The molecule has 1 aromatic heterocycles. The predicted molar refractivity (Wildman–Crippen MR) is 81.2 cm³/mol. The predicted octanol–water partition coefficient (Wildman–Crippen LogP) is -0.0685. The number of nitrogens with one attached hydrogen (secondary N) is 2. The number of aryl methyl sites for hydroxylation is 1. The van der Waals surface area contributed by atoms with E-state index in [9.17, 15) is 18.0 Å². The van der Waals surface area contributed by atoms with Gasteiger partial charge in [-0.15, -0.1) is 0 Å². The smallest absolute Gasteiger partial charge is 0.272 e. The molecular weight excluding hydrogens is 308 g/mol. The van der Waals surface area contributed by atoms with Crippen molar-refractivity contribution < 1.29 is 18.0 Å². The van der Waals surface area contributed by atoms with Gasteiger partial charge in [-0.05, 0) is 6.42 Å². The van der Waals surface area contributed by atoms with Crippen LogP contribution in [0, 0.1) is 5.92 Å². The minimum Gasteiger partial charge on any atom is -0.347 e. The molecule has 0 saturated carbocycles. The Bertz CT molecular complexity index is 693. The molecule has 1 atom stereocenters. The zero-order valence-electron chi connectivity index (χ0n) is 12.8. The average molecular weight is 328 g/mol. The minimum atomic E-state index is -3.05. The van der Waals surface area contributed by atoms with Crippen molar-refractivity contribution in [1.82, 2.24) is 15.1 Å². The van der Waals surface area contributed by atoms with Crippen molar-refractivity contribution in [3.05, 3.63) is 11.8 Å². The Morgan fingerprint density at radius 2 is 2.09 bits per heavy atom. The number of carbonyl (C=O) groups is 2. The Kier molecular flexibility index (Phi) is 4.55. The van der Waals surface area contributed by atoms with E-state index in [0.717, 1.165) is 0 Å². The van der Waals surface area contributed by atoms with Crippen LogP contribution in [0.3, 0.4) is 0 Å². The van der Waals surface area contributed by atoms with E-state index in [1.54, 1.807) is 20.9 Å². The number of aromatic nitrogens is 2. The van der Waals surface area contributed by atoms with Crippen LogP contribution in [0.5, 0.6) is 0 Å². The SMILES string of the molecule is CC(C)C(=O)Nc1cc(C(=O)N[C@H]2CCS(=O)(=O)C2)nn1C. The maximum atomic E-state index is 12.1. The molecule has 122 valence electrons. The quantitative estimate of drug-likeness (QED) is 0.804. The highest BCUT2D eigenvalue weighted by Gasteiger charge is 2.29. The van der Waals surface area contributed by atoms with Gasteiger partial charge in [0.25, 0.3) is 5.91 Å². The zero-order chi connectivity index (χ0) is 16.5. The van der Waals surface area contributed by atoms with Crippen molar-refractivity contribution in [2.75, 3.05) is 16.8 Å². The van der Waals surface area contributed by atoms with Crippen LogP contribution in [0.15, 0.2) is 6.07 Å². The Hall–Kier alpha value is -1.90. The first-order valence-electron chi connectivity index (χ1n) is 7.04. The van der Waals surface area contributed by atoms with Gasteiger partial charge in [-0.1, -0.05) is 13.8 Å². The molecule has 8 nitrogen and oxygen atoms in total. The summed E-state index contributed by atoms with van der Waals surface area (Å²) in [6, 6.07) is 1.09. The summed E-state index contributed by atoms with van der Waals surface area (Å²) in [6.45, 7) is 3.53. The number of anilines is 1. The second-order valence-electron chi connectivity index (χ2n) is 5.76. The lowest BCUT2D eigenvalue weighted by atomic mass is 10.2. The van der Waals surface area contributed by atoms with E-state index in [4.69, 9.17) is 0 Å². The van der Waals surface area contributed by atoms with Crippen molar-refractivity contribution in [3.8, 4) is 0 Å². The lowest BCUT2D eigenvalue weighted by molar-refractivity contribution is -0.118. The Balaban J connectivity index is 2.04. The second kappa shape index (κ2) is 6.07. The maximum Gasteiger partial charge on any atom is 0.272 e. The zero-order valence-corrected chi connectivity index (χ0v) is 13.6. The lowest BCUT2D eigenvalue weighted by Crippen LogP contribution is -2.35. The minimum absolute atomic E-state index is 0.0392. The van der Waals surface area contributed by atoms with Gasteiger partial charge in [-0.25, -0.2) is 8.42 Å². The van der Waals surface area contributed by atoms with E-state index in [0.29, 0.717) is 12.2 Å². The molecule has 1 aromatic rings. The molecule has 2 rings (SSSR count). The maximum absolute atomic E-state index is 12.1. The number of sulfone groups is 1. The fourth-order valence-corrected chi connectivity index (χ4v) is 3.81. The third-order valence-corrected chi connectivity index (χ3v) is 5.22. The first-order valence-corrected chi connectivity index (χ1v) is 8.86. The third kappa shape index (κ3) is 3.85. The number of carbonyl (C=O) groups excluding carboxylic acids is 2. The van der Waals surface area contributed by atoms with Gasteiger partial charge in [0.05, 0.1) is 11.5 Å². The van der Waals surface area contributed by atoms with Crippen molar-refractivity contribution in [3.63, 3.8) is 0 Å². The molecule has 2 N–H and O–H groups in total. The standard InChI is InChI=1S/C13H20N4O4S/c1-8(2)12(18)15-11-6-10(16-17(11)3)13(19)14-9-4-5-22(20,21)7-9/h6,8-9H,4-5,7H2,1-3H3,(H,14,19)(H,15,18)/t9-/m0/s1. The van der Waals surface area contributed by atoms with Crippen LogP contribution < -0.4 is 10.6 Å². The summed E-state index contributed by atoms with van der Waals surface area (Å²) in [5.41, 5.74) is 0.144. The molecule has 0 spiro atoms. The van der Waals surface area contributed by atoms with Gasteiger partial charge in [0.2, 0.25) is 5.91 Å². The first-order chi connectivity index (χ1) is 10.2. The van der Waals surface area contributed by atoms with Gasteiger partial charge in [0, 0.05) is 25.1 Å². The van der Waals surface area contributed by atoms with Gasteiger partial charge in [-0.2, -0.15) is 5.10 Å². The highest BCUT2D eigenvalue weighted by Crippen LogP contribution is 2.14. The number of amides is 2. The van der Waals surface area contributed by atoms with Gasteiger partial charge in [0.1, 0.15) is 5.82 Å². The molecule has 1 aliphatic rings. The van der Waals surface area contributed by atoms with Crippen LogP contribution in [0.4, 0.5) is 5.82 Å². The summed E-state index contributed by atoms with van der Waals surface area (Å²) >= 11 is 0. The molecule has 2 heterocycles. The third-order valence-electron chi connectivity index (χ3n) is 3.46. The first kappa shape index (κ1) is 16.5. The van der Waals surface area contributed by atoms with E-state index >= 15 is 0 Å². The lowest BCUT2D eigenvalue weighted by Gasteiger charge is -2.08. The van der Waals surface area contributed by atoms with Gasteiger partial charge >= 0.3 is 0 Å². The van der Waals surface area contributed by atoms with Crippen molar-refractivity contribution >= 4 is 27.5 Å². The van der Waals surface area contributed by atoms with Crippen LogP contribution in [0.1, 0.15) is 30.8 Å². The summed E-state index contributed by atoms with van der Waals surface area (Å²) in [4.78, 5) is 23.8. The largest absolute Gasteiger partial charge is 0.347 e. The highest BCUT2D eigenvalue weighted by molar-refractivity contribution is 7.91. The van der Waals surface area contributed by atoms with Gasteiger partial charge in [0.15, 0.2) is 15.5 Å². The molecule has 22 heavy (non-hydrogen) atoms. The van der Waals surface area contributed by atoms with E-state index in [1.807, 2.05) is 0 Å². The van der Waals surface area contributed by atoms with Crippen molar-refractivity contribution in [1.29, 1.82) is 0 Å². The molecular formula is C13H20N4O4S. The van der Waals surface area contributed by atoms with Crippen LogP contribution in [0.25, 0.3) is 0 Å². The number of hydrogen-bond acceptors (Lipinski definition) is 5. The number of nitrogens with zero attached hydrogens (tertiary/aromatic N) is 2. The molecule has 1 fully saturated rings. The molecule has 2 amide bonds. The van der Waals surface area contributed by atoms with Crippen LogP contribution >= 0.6 is 0 Å². The van der Waals surface area contributed by atoms with E-state index in [1.165, 1.54) is 10.7 Å². The summed E-state index contributed by atoms with van der Waals surface area (Å²) in [5.74, 6) is -0.323. The molecule has 0 aliphatic carbocycles. The second-order valence-corrected chi connectivity index (χ2v) is 7.98. The van der Waals surface area contributed by atoms with E-state index in [2.05, 4.69) is 15.7 Å². The Morgan fingerprint density at radius 1 is 1.41 bits per heavy atom. The Morgan fingerprint density at radius 3 is 2.64 bits per heavy atom. The monoisotopic (exact) mass is 328 g/mol. The molecule has 0 aromatic carbocycles. The van der Waals surface area contributed by atoms with E-state index in [-0.39, 0.29) is 35.1 Å². The average Bonchev–Trinajstić information content (AvgIpc) is 2.93. The molecule has 0 bridgehead atoms. The fourth-order valence-electron chi connectivity index (χ4n) is 2.13. The van der Waals surface area contributed by atoms with Crippen LogP contribution in [-0.4, -0.2) is 47.6 Å². The topological polar surface area (TPSA) is 110 Å². The number of hydrogen-bond donors (Lipinski definition) is 2. The van der Waals surface area contributed by atoms with Crippen molar-refractivity contribution in [2.24, 2.45) is 13.0 Å². The molecule has 0 unspecified atom stereocenters. The summed E-state index contributed by atoms with van der Waals surface area (Å²) < 4.78 is 24.2. The number of rotatable bonds is 4. The normalized spacial score (nSPS) is 20.1. The van der Waals surface area contributed by atoms with Crippen LogP contribution in [0.2, 0.25) is 0 Å². The summed E-state index contributed by atoms with van der Waals surface area (Å²) in [5, 5.41) is 9.38. The van der Waals surface area contributed by atoms with Crippen molar-refractivity contribution in [2.45, 2.75) is 26.3 Å². The van der Waals surface area contributed by atoms with Gasteiger partial charge in [-0.3, -0.25) is 14.3 Å². The van der Waals surface area contributed by atoms with Gasteiger partial charge < -0.3 is 10.6 Å². The van der Waals surface area contributed by atoms with Crippen LogP contribution in [-0.2, 0) is 21.7 Å². The molecule has 9 heteroatoms. The summed E-state index contributed by atoms with van der Waals surface area (Å²) in [6.07, 6.45) is 0.415. The summed E-state index contributed by atoms with van der Waals surface area (Å²) in [7, 11) is -1.43. The Labute approximate surface area is 129 Å². The fraction of sp³-hybridized carbons (Fsp3) is 0.615. The molecule has 0 radical (unpaired) electrons. The molecule has 1 saturated heterocycles. The van der Waals surface area contributed by atoms with E-state index < -0.39 is 15.7 Å². The molecule has 1 aliphatic heterocycles. The highest BCUT2D eigenvalue weighted by atomic mass is 32.2.